The Bertz CT molecular complexity index is 1030. The van der Waals surface area contributed by atoms with Gasteiger partial charge in [0, 0.05) is 0 Å². The van der Waals surface area contributed by atoms with E-state index in [1.807, 2.05) is 0 Å². The SMILES string of the molecule is C=COCCONC(=O)c1cc2snnc2c(F)c1Nc1ccc(C)cc1F. The van der Waals surface area contributed by atoms with Gasteiger partial charge in [-0.2, -0.15) is 0 Å². The van der Waals surface area contributed by atoms with Crippen LogP contribution in [-0.4, -0.2) is 28.7 Å². The number of hydrogen-bond acceptors (Lipinski definition) is 7. The Morgan fingerprint density at radius 1 is 1.32 bits per heavy atom. The number of fused-ring (bicyclic) bond motifs is 1. The number of halogens is 2. The van der Waals surface area contributed by atoms with E-state index in [0.717, 1.165) is 11.5 Å². The first kappa shape index (κ1) is 19.6. The van der Waals surface area contributed by atoms with E-state index in [-0.39, 0.29) is 35.7 Å². The molecule has 0 aliphatic heterocycles. The van der Waals surface area contributed by atoms with Gasteiger partial charge in [0.2, 0.25) is 0 Å². The van der Waals surface area contributed by atoms with E-state index in [1.54, 1.807) is 13.0 Å². The van der Waals surface area contributed by atoms with Crippen LogP contribution >= 0.6 is 11.5 Å². The molecule has 3 aromatic rings. The summed E-state index contributed by atoms with van der Waals surface area (Å²) in [6.07, 6.45) is 1.24. The molecule has 0 saturated heterocycles. The summed E-state index contributed by atoms with van der Waals surface area (Å²) >= 11 is 0.933. The molecule has 2 aromatic carbocycles. The summed E-state index contributed by atoms with van der Waals surface area (Å²) in [5.74, 6) is -2.12. The molecule has 0 aliphatic rings. The van der Waals surface area contributed by atoms with E-state index in [9.17, 15) is 13.6 Å². The predicted octanol–water partition coefficient (Wildman–Crippen LogP) is 3.84. The summed E-state index contributed by atoms with van der Waals surface area (Å²) in [5, 5.41) is 6.37. The number of carbonyl (C=O) groups excluding carboxylic acids is 1. The smallest absolute Gasteiger partial charge is 0.277 e. The second-order valence-electron chi connectivity index (χ2n) is 5.66. The van der Waals surface area contributed by atoms with Crippen LogP contribution in [-0.2, 0) is 9.57 Å². The second-order valence-corrected chi connectivity index (χ2v) is 6.44. The van der Waals surface area contributed by atoms with Gasteiger partial charge in [-0.1, -0.05) is 17.1 Å². The lowest BCUT2D eigenvalue weighted by Gasteiger charge is -2.14. The van der Waals surface area contributed by atoms with Gasteiger partial charge in [0.25, 0.3) is 5.91 Å². The normalized spacial score (nSPS) is 10.7. The minimum Gasteiger partial charge on any atom is -0.499 e. The van der Waals surface area contributed by atoms with Crippen LogP contribution in [0.15, 0.2) is 37.1 Å². The number of aromatic nitrogens is 2. The molecule has 0 saturated carbocycles. The third-order valence-electron chi connectivity index (χ3n) is 3.70. The zero-order valence-corrected chi connectivity index (χ0v) is 15.6. The molecule has 1 amide bonds. The monoisotopic (exact) mass is 406 g/mol. The highest BCUT2D eigenvalue weighted by Gasteiger charge is 2.22. The van der Waals surface area contributed by atoms with Crippen LogP contribution < -0.4 is 10.8 Å². The average Bonchev–Trinajstić information content (AvgIpc) is 3.14. The molecular weight excluding hydrogens is 390 g/mol. The van der Waals surface area contributed by atoms with Gasteiger partial charge in [0.05, 0.1) is 27.9 Å². The predicted molar refractivity (Wildman–Crippen MR) is 101 cm³/mol. The summed E-state index contributed by atoms with van der Waals surface area (Å²) in [4.78, 5) is 17.5. The molecule has 0 radical (unpaired) electrons. The molecule has 0 atom stereocenters. The Morgan fingerprint density at radius 3 is 2.89 bits per heavy atom. The van der Waals surface area contributed by atoms with E-state index in [0.29, 0.717) is 10.3 Å². The average molecular weight is 406 g/mol. The van der Waals surface area contributed by atoms with Crippen molar-refractivity contribution >= 4 is 39.0 Å². The Morgan fingerprint density at radius 2 is 2.14 bits per heavy atom. The molecule has 0 aliphatic carbocycles. The minimum atomic E-state index is -0.814. The highest BCUT2D eigenvalue weighted by atomic mass is 32.1. The van der Waals surface area contributed by atoms with Gasteiger partial charge >= 0.3 is 0 Å². The Labute approximate surface area is 163 Å². The van der Waals surface area contributed by atoms with Gasteiger partial charge in [-0.3, -0.25) is 9.63 Å². The first-order valence-electron chi connectivity index (χ1n) is 8.13. The van der Waals surface area contributed by atoms with Crippen molar-refractivity contribution in [2.45, 2.75) is 6.92 Å². The molecule has 0 bridgehead atoms. The topological polar surface area (TPSA) is 85.4 Å². The van der Waals surface area contributed by atoms with Crippen molar-refractivity contribution in [3.63, 3.8) is 0 Å². The molecule has 0 spiro atoms. The van der Waals surface area contributed by atoms with Crippen LogP contribution in [0.2, 0.25) is 0 Å². The molecule has 3 rings (SSSR count). The fourth-order valence-corrected chi connectivity index (χ4v) is 2.98. The fraction of sp³-hybridized carbons (Fsp3) is 0.167. The van der Waals surface area contributed by atoms with Gasteiger partial charge in [-0.15, -0.1) is 5.10 Å². The van der Waals surface area contributed by atoms with Crippen LogP contribution in [0, 0.1) is 18.6 Å². The van der Waals surface area contributed by atoms with E-state index in [4.69, 9.17) is 9.57 Å². The van der Waals surface area contributed by atoms with Crippen molar-refractivity contribution < 1.29 is 23.1 Å². The summed E-state index contributed by atoms with van der Waals surface area (Å²) in [6, 6.07) is 5.83. The Hall–Kier alpha value is -3.11. The first-order valence-corrected chi connectivity index (χ1v) is 8.91. The van der Waals surface area contributed by atoms with Crippen LogP contribution in [0.4, 0.5) is 20.2 Å². The Balaban J connectivity index is 1.92. The molecule has 0 unspecified atom stereocenters. The molecule has 7 nitrogen and oxygen atoms in total. The fourth-order valence-electron chi connectivity index (χ4n) is 2.39. The summed E-state index contributed by atoms with van der Waals surface area (Å²) < 4.78 is 38.1. The maximum absolute atomic E-state index is 15.0. The highest BCUT2D eigenvalue weighted by molar-refractivity contribution is 7.13. The number of nitrogens with one attached hydrogen (secondary N) is 2. The van der Waals surface area contributed by atoms with Gasteiger partial charge in [0.15, 0.2) is 5.82 Å². The van der Waals surface area contributed by atoms with Crippen molar-refractivity contribution in [2.75, 3.05) is 18.5 Å². The maximum atomic E-state index is 15.0. The van der Waals surface area contributed by atoms with Crippen LogP contribution in [0.25, 0.3) is 10.2 Å². The standard InChI is InChI=1S/C18H16F2N4O3S/c1-3-26-6-7-27-23-18(25)11-9-14-17(22-24-28-14)15(20)16(11)21-13-5-4-10(2)8-12(13)19/h3-5,8-9,21H,1,6-7H2,2H3,(H,23,25). The number of hydroxylamine groups is 1. The molecule has 10 heteroatoms. The number of benzene rings is 2. The number of hydrogen-bond donors (Lipinski definition) is 2. The quantitative estimate of drug-likeness (QED) is 0.336. The van der Waals surface area contributed by atoms with Gasteiger partial charge in [-0.25, -0.2) is 14.3 Å². The zero-order chi connectivity index (χ0) is 20.1. The summed E-state index contributed by atoms with van der Waals surface area (Å²) in [6.45, 7) is 5.34. The van der Waals surface area contributed by atoms with Crippen molar-refractivity contribution in [2.24, 2.45) is 0 Å². The molecule has 1 heterocycles. The summed E-state index contributed by atoms with van der Waals surface area (Å²) in [5.41, 5.74) is 2.59. The van der Waals surface area contributed by atoms with Gasteiger partial charge < -0.3 is 10.1 Å². The van der Waals surface area contributed by atoms with Crippen LogP contribution in [0.5, 0.6) is 0 Å². The molecule has 0 fully saturated rings. The maximum Gasteiger partial charge on any atom is 0.277 e. The highest BCUT2D eigenvalue weighted by Crippen LogP contribution is 2.32. The van der Waals surface area contributed by atoms with E-state index in [2.05, 4.69) is 27.0 Å². The first-order chi connectivity index (χ1) is 13.5. The molecule has 28 heavy (non-hydrogen) atoms. The van der Waals surface area contributed by atoms with Crippen molar-refractivity contribution in [3.8, 4) is 0 Å². The third kappa shape index (κ3) is 4.24. The molecule has 146 valence electrons. The van der Waals surface area contributed by atoms with Gasteiger partial charge in [0.1, 0.15) is 24.5 Å². The number of aryl methyl sites for hydroxylation is 1. The van der Waals surface area contributed by atoms with Crippen molar-refractivity contribution in [3.05, 3.63) is 59.9 Å². The third-order valence-corrected chi connectivity index (χ3v) is 4.37. The lowest BCUT2D eigenvalue weighted by molar-refractivity contribution is 0.0145. The lowest BCUT2D eigenvalue weighted by Crippen LogP contribution is -2.26. The van der Waals surface area contributed by atoms with Crippen molar-refractivity contribution in [1.29, 1.82) is 0 Å². The number of ether oxygens (including phenoxy) is 1. The van der Waals surface area contributed by atoms with Crippen molar-refractivity contribution in [1.82, 2.24) is 15.1 Å². The molecule has 1 aromatic heterocycles. The number of rotatable bonds is 8. The van der Waals surface area contributed by atoms with E-state index >= 15 is 0 Å². The summed E-state index contributed by atoms with van der Waals surface area (Å²) in [7, 11) is 0. The number of carbonyl (C=O) groups is 1. The minimum absolute atomic E-state index is 0.0152. The van der Waals surface area contributed by atoms with E-state index in [1.165, 1.54) is 24.5 Å². The lowest BCUT2D eigenvalue weighted by atomic mass is 10.1. The second kappa shape index (κ2) is 8.72. The Kier molecular flexibility index (Phi) is 6.12. The molecular formula is C18H16F2N4O3S. The van der Waals surface area contributed by atoms with E-state index < -0.39 is 17.5 Å². The number of amides is 1. The number of nitrogens with zero attached hydrogens (tertiary/aromatic N) is 2. The van der Waals surface area contributed by atoms with Crippen LogP contribution in [0.3, 0.4) is 0 Å². The van der Waals surface area contributed by atoms with Crippen LogP contribution in [0.1, 0.15) is 15.9 Å². The van der Waals surface area contributed by atoms with Gasteiger partial charge in [-0.05, 0) is 42.2 Å². The zero-order valence-electron chi connectivity index (χ0n) is 14.8. The number of anilines is 2. The largest absolute Gasteiger partial charge is 0.499 e. The molecule has 2 N–H and O–H groups in total.